The Bertz CT molecular complexity index is 1020. The van der Waals surface area contributed by atoms with E-state index in [2.05, 4.69) is 10.3 Å². The average Bonchev–Trinajstić information content (AvgIpc) is 2.60. The predicted molar refractivity (Wildman–Crippen MR) is 100 cm³/mol. The minimum absolute atomic E-state index is 0.261. The highest BCUT2D eigenvalue weighted by atomic mass is 35.5. The van der Waals surface area contributed by atoms with Gasteiger partial charge in [-0.25, -0.2) is 0 Å². The Morgan fingerprint density at radius 1 is 1.20 bits per heavy atom. The molecule has 0 saturated heterocycles. The number of benzene rings is 2. The number of methoxy groups -OCH3 is 1. The first-order valence-electron chi connectivity index (χ1n) is 7.51. The number of H-pyrrole nitrogens is 1. The zero-order valence-corrected chi connectivity index (χ0v) is 14.1. The number of aromatic amines is 1. The summed E-state index contributed by atoms with van der Waals surface area (Å²) >= 11 is 5.94. The van der Waals surface area contributed by atoms with Crippen LogP contribution in [0.5, 0.6) is 5.75 Å². The number of para-hydroxylation sites is 1. The molecule has 3 aromatic rings. The summed E-state index contributed by atoms with van der Waals surface area (Å²) in [7, 11) is 1.50. The van der Waals surface area contributed by atoms with Crippen LogP contribution in [-0.4, -0.2) is 18.0 Å². The Hall–Kier alpha value is -3.05. The van der Waals surface area contributed by atoms with E-state index in [0.717, 1.165) is 10.9 Å². The van der Waals surface area contributed by atoms with Crippen molar-refractivity contribution in [1.29, 1.82) is 0 Å². The third-order valence-corrected chi connectivity index (χ3v) is 3.85. The summed E-state index contributed by atoms with van der Waals surface area (Å²) in [5, 5.41) is 4.05. The first-order valence-corrected chi connectivity index (χ1v) is 7.89. The van der Waals surface area contributed by atoms with Gasteiger partial charge in [0.05, 0.1) is 12.8 Å². The molecule has 25 heavy (non-hydrogen) atoms. The molecule has 0 aliphatic rings. The van der Waals surface area contributed by atoms with Gasteiger partial charge >= 0.3 is 0 Å². The highest BCUT2D eigenvalue weighted by Gasteiger charge is 2.07. The molecular formula is C19H15ClN2O3. The van der Waals surface area contributed by atoms with E-state index in [9.17, 15) is 9.59 Å². The molecule has 5 nitrogen and oxygen atoms in total. The molecule has 1 heterocycles. The molecule has 3 rings (SSSR count). The number of anilines is 1. The van der Waals surface area contributed by atoms with Crippen LogP contribution in [0.4, 0.5) is 5.69 Å². The van der Waals surface area contributed by atoms with Crippen molar-refractivity contribution in [2.75, 3.05) is 12.4 Å². The topological polar surface area (TPSA) is 71.2 Å². The number of halogens is 1. The molecule has 0 spiro atoms. The summed E-state index contributed by atoms with van der Waals surface area (Å²) in [4.78, 5) is 27.0. The van der Waals surface area contributed by atoms with E-state index in [1.165, 1.54) is 19.3 Å². The third-order valence-electron chi connectivity index (χ3n) is 3.62. The highest BCUT2D eigenvalue weighted by Crippen LogP contribution is 2.27. The standard InChI is InChI=1S/C19H15ClN2O3/c1-25-17-8-7-14(20)11-16(17)21-18(23)9-6-13-10-12-4-2-3-5-15(12)22-19(13)24/h2-11H,1H3,(H,21,23)(H,22,24)/b9-6+. The van der Waals surface area contributed by atoms with Crippen LogP contribution in [0.3, 0.4) is 0 Å². The number of nitrogens with one attached hydrogen (secondary N) is 2. The molecule has 0 bridgehead atoms. The van der Waals surface area contributed by atoms with E-state index in [0.29, 0.717) is 22.0 Å². The van der Waals surface area contributed by atoms with Crippen molar-refractivity contribution >= 4 is 40.2 Å². The molecule has 1 aromatic heterocycles. The van der Waals surface area contributed by atoms with Crippen LogP contribution < -0.4 is 15.6 Å². The third kappa shape index (κ3) is 3.89. The number of aromatic nitrogens is 1. The smallest absolute Gasteiger partial charge is 0.255 e. The van der Waals surface area contributed by atoms with Gasteiger partial charge in [0, 0.05) is 22.2 Å². The summed E-state index contributed by atoms with van der Waals surface area (Å²) in [6.45, 7) is 0. The number of carbonyl (C=O) groups is 1. The first-order chi connectivity index (χ1) is 12.1. The zero-order valence-electron chi connectivity index (χ0n) is 13.4. The van der Waals surface area contributed by atoms with Gasteiger partial charge in [-0.15, -0.1) is 0 Å². The van der Waals surface area contributed by atoms with Crippen LogP contribution in [-0.2, 0) is 4.79 Å². The van der Waals surface area contributed by atoms with E-state index in [1.807, 2.05) is 24.3 Å². The molecule has 0 aliphatic heterocycles. The number of ether oxygens (including phenoxy) is 1. The van der Waals surface area contributed by atoms with E-state index in [-0.39, 0.29) is 5.56 Å². The molecule has 2 N–H and O–H groups in total. The second-order valence-corrected chi connectivity index (χ2v) is 5.74. The van der Waals surface area contributed by atoms with Crippen molar-refractivity contribution in [1.82, 2.24) is 4.98 Å². The van der Waals surface area contributed by atoms with E-state index in [4.69, 9.17) is 16.3 Å². The van der Waals surface area contributed by atoms with Crippen molar-refractivity contribution in [3.63, 3.8) is 0 Å². The second kappa shape index (κ2) is 7.23. The lowest BCUT2D eigenvalue weighted by Crippen LogP contribution is -2.11. The summed E-state index contributed by atoms with van der Waals surface area (Å²) < 4.78 is 5.18. The summed E-state index contributed by atoms with van der Waals surface area (Å²) in [6.07, 6.45) is 2.76. The van der Waals surface area contributed by atoms with Crippen molar-refractivity contribution in [3.05, 3.63) is 75.5 Å². The molecular weight excluding hydrogens is 340 g/mol. The van der Waals surface area contributed by atoms with Gasteiger partial charge < -0.3 is 15.0 Å². The van der Waals surface area contributed by atoms with Crippen LogP contribution in [0.15, 0.2) is 59.4 Å². The minimum atomic E-state index is -0.395. The van der Waals surface area contributed by atoms with Crippen LogP contribution >= 0.6 is 11.6 Å². The molecule has 1 amide bonds. The average molecular weight is 355 g/mol. The first kappa shape index (κ1) is 16.8. The van der Waals surface area contributed by atoms with Crippen molar-refractivity contribution < 1.29 is 9.53 Å². The Labute approximate surface area is 148 Å². The van der Waals surface area contributed by atoms with Gasteiger partial charge in [0.15, 0.2) is 0 Å². The predicted octanol–water partition coefficient (Wildman–Crippen LogP) is 3.84. The summed E-state index contributed by atoms with van der Waals surface area (Å²) in [5.41, 5.74) is 1.34. The summed E-state index contributed by atoms with van der Waals surface area (Å²) in [6, 6.07) is 14.1. The van der Waals surface area contributed by atoms with Crippen molar-refractivity contribution in [3.8, 4) is 5.75 Å². The molecule has 0 atom stereocenters. The molecule has 0 unspecified atom stereocenters. The van der Waals surface area contributed by atoms with Crippen LogP contribution in [0.25, 0.3) is 17.0 Å². The fourth-order valence-corrected chi connectivity index (χ4v) is 2.58. The van der Waals surface area contributed by atoms with Crippen molar-refractivity contribution in [2.24, 2.45) is 0 Å². The van der Waals surface area contributed by atoms with Crippen LogP contribution in [0, 0.1) is 0 Å². The molecule has 0 fully saturated rings. The number of carbonyl (C=O) groups excluding carboxylic acids is 1. The SMILES string of the molecule is COc1ccc(Cl)cc1NC(=O)/C=C/c1cc2ccccc2[nH]c1=O. The molecule has 6 heteroatoms. The Balaban J connectivity index is 1.83. The second-order valence-electron chi connectivity index (χ2n) is 5.31. The van der Waals surface area contributed by atoms with Gasteiger partial charge in [-0.1, -0.05) is 29.8 Å². The number of amides is 1. The van der Waals surface area contributed by atoms with Gasteiger partial charge in [-0.2, -0.15) is 0 Å². The van der Waals surface area contributed by atoms with E-state index >= 15 is 0 Å². The molecule has 2 aromatic carbocycles. The lowest BCUT2D eigenvalue weighted by Gasteiger charge is -2.08. The maximum atomic E-state index is 12.1. The lowest BCUT2D eigenvalue weighted by atomic mass is 10.1. The van der Waals surface area contributed by atoms with Gasteiger partial charge in [0.2, 0.25) is 5.91 Å². The molecule has 126 valence electrons. The number of rotatable bonds is 4. The number of pyridine rings is 1. The number of hydrogen-bond acceptors (Lipinski definition) is 3. The van der Waals surface area contributed by atoms with Gasteiger partial charge in [0.1, 0.15) is 5.75 Å². The van der Waals surface area contributed by atoms with Gasteiger partial charge in [-0.05, 0) is 41.8 Å². The molecule has 0 aliphatic carbocycles. The Morgan fingerprint density at radius 3 is 2.80 bits per heavy atom. The van der Waals surface area contributed by atoms with Gasteiger partial charge in [-0.3, -0.25) is 9.59 Å². The Morgan fingerprint density at radius 2 is 2.00 bits per heavy atom. The number of hydrogen-bond donors (Lipinski definition) is 2. The van der Waals surface area contributed by atoms with E-state index in [1.54, 1.807) is 24.3 Å². The summed E-state index contributed by atoms with van der Waals surface area (Å²) in [5.74, 6) is 0.0998. The zero-order chi connectivity index (χ0) is 17.8. The normalized spacial score (nSPS) is 11.0. The monoisotopic (exact) mass is 354 g/mol. The fourth-order valence-electron chi connectivity index (χ4n) is 2.41. The largest absolute Gasteiger partial charge is 0.495 e. The van der Waals surface area contributed by atoms with Gasteiger partial charge in [0.25, 0.3) is 5.56 Å². The van der Waals surface area contributed by atoms with E-state index < -0.39 is 5.91 Å². The Kier molecular flexibility index (Phi) is 4.86. The lowest BCUT2D eigenvalue weighted by molar-refractivity contribution is -0.111. The molecule has 0 radical (unpaired) electrons. The fraction of sp³-hybridized carbons (Fsp3) is 0.0526. The van der Waals surface area contributed by atoms with Crippen LogP contribution in [0.2, 0.25) is 5.02 Å². The maximum Gasteiger partial charge on any atom is 0.255 e. The number of fused-ring (bicyclic) bond motifs is 1. The highest BCUT2D eigenvalue weighted by molar-refractivity contribution is 6.31. The molecule has 0 saturated carbocycles. The minimum Gasteiger partial charge on any atom is -0.495 e. The maximum absolute atomic E-state index is 12.1. The van der Waals surface area contributed by atoms with Crippen molar-refractivity contribution in [2.45, 2.75) is 0 Å². The van der Waals surface area contributed by atoms with Crippen LogP contribution in [0.1, 0.15) is 5.56 Å². The quantitative estimate of drug-likeness (QED) is 0.699.